The molecule has 2 aromatic heterocycles. The maximum atomic E-state index is 5.39. The van der Waals surface area contributed by atoms with Crippen molar-refractivity contribution in [1.29, 1.82) is 0 Å². The molecule has 1 aromatic carbocycles. The highest BCUT2D eigenvalue weighted by Gasteiger charge is 2.15. The minimum absolute atomic E-state index is 0.317. The van der Waals surface area contributed by atoms with Crippen molar-refractivity contribution in [2.24, 2.45) is 0 Å². The summed E-state index contributed by atoms with van der Waals surface area (Å²) in [7, 11) is 3.17. The van der Waals surface area contributed by atoms with Crippen molar-refractivity contribution in [2.45, 2.75) is 9.37 Å². The fourth-order valence-electron chi connectivity index (χ4n) is 1.72. The summed E-state index contributed by atoms with van der Waals surface area (Å²) in [5, 5.41) is 9.42. The molecule has 102 valence electrons. The number of methoxy groups -OCH3 is 2. The van der Waals surface area contributed by atoms with Crippen LogP contribution in [0.5, 0.6) is 11.8 Å². The van der Waals surface area contributed by atoms with E-state index in [9.17, 15) is 0 Å². The first-order chi connectivity index (χ1) is 9.81. The van der Waals surface area contributed by atoms with E-state index in [0.29, 0.717) is 6.01 Å². The van der Waals surface area contributed by atoms with E-state index in [4.69, 9.17) is 9.47 Å². The number of rotatable bonds is 4. The molecule has 0 aliphatic rings. The van der Waals surface area contributed by atoms with Crippen molar-refractivity contribution in [2.75, 3.05) is 14.2 Å². The monoisotopic (exact) mass is 306 g/mol. The number of hydrogen-bond donors (Lipinski definition) is 0. The minimum atomic E-state index is 0.317. The lowest BCUT2D eigenvalue weighted by Crippen LogP contribution is -1.97. The fourth-order valence-corrected chi connectivity index (χ4v) is 3.25. The summed E-state index contributed by atoms with van der Waals surface area (Å²) < 4.78 is 11.3. The van der Waals surface area contributed by atoms with E-state index in [1.54, 1.807) is 19.7 Å². The van der Waals surface area contributed by atoms with Crippen LogP contribution in [0.4, 0.5) is 0 Å². The van der Waals surface area contributed by atoms with Crippen molar-refractivity contribution in [3.8, 4) is 11.8 Å². The molecule has 0 saturated heterocycles. The molecule has 0 aliphatic heterocycles. The Labute approximate surface area is 123 Å². The quantitative estimate of drug-likeness (QED) is 0.686. The number of ether oxygens (including phenoxy) is 2. The molecule has 0 saturated carbocycles. The van der Waals surface area contributed by atoms with Crippen molar-refractivity contribution in [3.63, 3.8) is 0 Å². The summed E-state index contributed by atoms with van der Waals surface area (Å²) in [6.07, 6.45) is 0. The van der Waals surface area contributed by atoms with Crippen LogP contribution in [-0.4, -0.2) is 34.4 Å². The lowest BCUT2D eigenvalue weighted by atomic mass is 10.2. The molecule has 8 heteroatoms. The summed E-state index contributed by atoms with van der Waals surface area (Å²) in [5.74, 6) is 0.720. The van der Waals surface area contributed by atoms with E-state index in [2.05, 4.69) is 20.2 Å². The van der Waals surface area contributed by atoms with Crippen molar-refractivity contribution in [3.05, 3.63) is 23.7 Å². The zero-order valence-corrected chi connectivity index (χ0v) is 12.4. The van der Waals surface area contributed by atoms with Gasteiger partial charge in [-0.1, -0.05) is 17.4 Å². The van der Waals surface area contributed by atoms with Crippen LogP contribution in [0.2, 0.25) is 0 Å². The maximum absolute atomic E-state index is 5.39. The largest absolute Gasteiger partial charge is 0.496 e. The van der Waals surface area contributed by atoms with E-state index in [0.717, 1.165) is 26.0 Å². The van der Waals surface area contributed by atoms with Crippen LogP contribution in [0.25, 0.3) is 10.9 Å². The third kappa shape index (κ3) is 2.39. The maximum Gasteiger partial charge on any atom is 0.317 e. The summed E-state index contributed by atoms with van der Waals surface area (Å²) in [6, 6.07) is 5.97. The molecule has 0 amide bonds. The van der Waals surface area contributed by atoms with Gasteiger partial charge >= 0.3 is 6.01 Å². The molecule has 3 aromatic rings. The number of hydrogen-bond acceptors (Lipinski definition) is 8. The smallest absolute Gasteiger partial charge is 0.317 e. The summed E-state index contributed by atoms with van der Waals surface area (Å²) >= 11 is 2.87. The predicted octanol–water partition coefficient (Wildman–Crippen LogP) is 2.65. The average Bonchev–Trinajstić information content (AvgIpc) is 2.99. The van der Waals surface area contributed by atoms with Crippen LogP contribution in [0, 0.1) is 0 Å². The van der Waals surface area contributed by atoms with Crippen molar-refractivity contribution < 1.29 is 9.47 Å². The molecule has 2 heterocycles. The number of nitrogens with zero attached hydrogens (tertiary/aromatic N) is 4. The molecule has 0 spiro atoms. The van der Waals surface area contributed by atoms with E-state index in [-0.39, 0.29) is 0 Å². The van der Waals surface area contributed by atoms with Gasteiger partial charge in [-0.05, 0) is 23.9 Å². The highest BCUT2D eigenvalue weighted by molar-refractivity contribution is 8.01. The van der Waals surface area contributed by atoms with E-state index in [1.165, 1.54) is 23.1 Å². The topological polar surface area (TPSA) is 70.0 Å². The predicted molar refractivity (Wildman–Crippen MR) is 76.7 cm³/mol. The Kier molecular flexibility index (Phi) is 3.66. The van der Waals surface area contributed by atoms with Gasteiger partial charge in [-0.3, -0.25) is 0 Å². The molecular formula is C12H10N4O2S2. The fraction of sp³-hybridized carbons (Fsp3) is 0.167. The Morgan fingerprint density at radius 3 is 2.75 bits per heavy atom. The van der Waals surface area contributed by atoms with Gasteiger partial charge in [0.2, 0.25) is 0 Å². The zero-order valence-electron chi connectivity index (χ0n) is 10.7. The number of fused-ring (bicyclic) bond motifs is 1. The first-order valence-electron chi connectivity index (χ1n) is 5.64. The highest BCUT2D eigenvalue weighted by atomic mass is 32.2. The molecule has 20 heavy (non-hydrogen) atoms. The van der Waals surface area contributed by atoms with Crippen molar-refractivity contribution >= 4 is 34.0 Å². The van der Waals surface area contributed by atoms with Crippen LogP contribution in [0.1, 0.15) is 0 Å². The first kappa shape index (κ1) is 13.1. The Balaban J connectivity index is 2.21. The Hall–Kier alpha value is -1.93. The van der Waals surface area contributed by atoms with E-state index < -0.39 is 0 Å². The molecule has 0 unspecified atom stereocenters. The SMILES string of the molecule is COc1nc(Sc2nncs2)c2c(OC)cccc2n1. The number of benzene rings is 1. The van der Waals surface area contributed by atoms with E-state index >= 15 is 0 Å². The standard InChI is InChI=1S/C12H10N4O2S2/c1-17-8-5-3-4-7-9(8)10(15-11(14-7)18-2)20-12-16-13-6-19-12/h3-6H,1-2H3. The first-order valence-corrected chi connectivity index (χ1v) is 7.34. The van der Waals surface area contributed by atoms with Crippen LogP contribution < -0.4 is 9.47 Å². The molecule has 0 atom stereocenters. The van der Waals surface area contributed by atoms with Crippen molar-refractivity contribution in [1.82, 2.24) is 20.2 Å². The number of aromatic nitrogens is 4. The van der Waals surface area contributed by atoms with Gasteiger partial charge in [0.05, 0.1) is 25.1 Å². The van der Waals surface area contributed by atoms with Gasteiger partial charge < -0.3 is 9.47 Å². The Morgan fingerprint density at radius 1 is 1.15 bits per heavy atom. The van der Waals surface area contributed by atoms with Gasteiger partial charge in [-0.25, -0.2) is 0 Å². The zero-order chi connectivity index (χ0) is 13.9. The van der Waals surface area contributed by atoms with Gasteiger partial charge in [-0.15, -0.1) is 10.2 Å². The summed E-state index contributed by atoms with van der Waals surface area (Å²) in [4.78, 5) is 8.72. The Morgan fingerprint density at radius 2 is 2.05 bits per heavy atom. The second-order valence-corrected chi connectivity index (χ2v) is 5.75. The van der Waals surface area contributed by atoms with Gasteiger partial charge in [0.25, 0.3) is 0 Å². The van der Waals surface area contributed by atoms with Gasteiger partial charge in [0.15, 0.2) is 4.34 Å². The Bertz CT molecular complexity index is 734. The molecule has 0 bridgehead atoms. The molecule has 0 radical (unpaired) electrons. The lowest BCUT2D eigenvalue weighted by molar-refractivity contribution is 0.377. The normalized spacial score (nSPS) is 10.7. The van der Waals surface area contributed by atoms with Crippen LogP contribution in [0.3, 0.4) is 0 Å². The second-order valence-electron chi connectivity index (χ2n) is 3.68. The van der Waals surface area contributed by atoms with Crippen LogP contribution >= 0.6 is 23.1 Å². The van der Waals surface area contributed by atoms with Gasteiger partial charge in [-0.2, -0.15) is 9.97 Å². The summed E-state index contributed by atoms with van der Waals surface area (Å²) in [6.45, 7) is 0. The molecule has 3 rings (SSSR count). The highest BCUT2D eigenvalue weighted by Crippen LogP contribution is 2.37. The van der Waals surface area contributed by atoms with Crippen LogP contribution in [0.15, 0.2) is 33.1 Å². The third-order valence-electron chi connectivity index (χ3n) is 2.56. The summed E-state index contributed by atoms with van der Waals surface area (Å²) in [5.41, 5.74) is 2.45. The molecule has 0 fully saturated rings. The van der Waals surface area contributed by atoms with E-state index in [1.807, 2.05) is 18.2 Å². The van der Waals surface area contributed by atoms with Gasteiger partial charge in [0, 0.05) is 0 Å². The lowest BCUT2D eigenvalue weighted by Gasteiger charge is -2.09. The van der Waals surface area contributed by atoms with Gasteiger partial charge in [0.1, 0.15) is 16.3 Å². The molecular weight excluding hydrogens is 296 g/mol. The molecule has 0 N–H and O–H groups in total. The minimum Gasteiger partial charge on any atom is -0.496 e. The third-order valence-corrected chi connectivity index (χ3v) is 4.32. The molecule has 6 nitrogen and oxygen atoms in total. The van der Waals surface area contributed by atoms with Crippen LogP contribution in [-0.2, 0) is 0 Å². The second kappa shape index (κ2) is 5.59. The molecule has 0 aliphatic carbocycles. The average molecular weight is 306 g/mol.